The largest absolute Gasteiger partial charge is 0.478 e. The Hall–Kier alpha value is -0.195. The Balaban J connectivity index is 2.35. The summed E-state index contributed by atoms with van der Waals surface area (Å²) in [5.41, 5.74) is 0. The van der Waals surface area contributed by atoms with E-state index in [0.29, 0.717) is 13.0 Å². The lowest BCUT2D eigenvalue weighted by Gasteiger charge is -2.14. The van der Waals surface area contributed by atoms with Crippen LogP contribution in [0.3, 0.4) is 0 Å². The van der Waals surface area contributed by atoms with Gasteiger partial charge in [0.25, 0.3) is 0 Å². The van der Waals surface area contributed by atoms with Gasteiger partial charge in [0.2, 0.25) is 5.91 Å². The van der Waals surface area contributed by atoms with E-state index < -0.39 is 7.12 Å². The third kappa shape index (κ3) is 2.89. The highest BCUT2D eigenvalue weighted by atomic mass is 32.2. The molecule has 1 aliphatic rings. The predicted octanol–water partition coefficient (Wildman–Crippen LogP) is -0.337. The first-order chi connectivity index (χ1) is 6.15. The minimum Gasteiger partial charge on any atom is -0.426 e. The molecule has 6 heteroatoms. The maximum absolute atomic E-state index is 11.4. The van der Waals surface area contributed by atoms with Gasteiger partial charge in [-0.2, -0.15) is 11.8 Å². The van der Waals surface area contributed by atoms with Gasteiger partial charge in [-0.15, -0.1) is 0 Å². The molecular formula is C7H14BNO3S. The van der Waals surface area contributed by atoms with Gasteiger partial charge < -0.3 is 15.0 Å². The number of amides is 1. The molecule has 0 saturated carbocycles. The van der Waals surface area contributed by atoms with Crippen molar-refractivity contribution in [3.63, 3.8) is 0 Å². The van der Waals surface area contributed by atoms with Crippen LogP contribution in [0.1, 0.15) is 13.3 Å². The monoisotopic (exact) mass is 203 g/mol. The highest BCUT2D eigenvalue weighted by molar-refractivity contribution is 7.99. The molecule has 4 nitrogen and oxygen atoms in total. The highest BCUT2D eigenvalue weighted by Gasteiger charge is 2.34. The molecule has 0 aliphatic carbocycles. The van der Waals surface area contributed by atoms with Crippen molar-refractivity contribution in [1.29, 1.82) is 0 Å². The van der Waals surface area contributed by atoms with Crippen molar-refractivity contribution in [3.8, 4) is 0 Å². The van der Waals surface area contributed by atoms with Gasteiger partial charge in [0.05, 0.1) is 11.2 Å². The van der Waals surface area contributed by atoms with E-state index in [9.17, 15) is 9.82 Å². The second-order valence-corrected chi connectivity index (χ2v) is 4.22. The minimum atomic E-state index is -0.835. The zero-order valence-electron chi connectivity index (χ0n) is 7.82. The molecule has 0 aromatic rings. The summed E-state index contributed by atoms with van der Waals surface area (Å²) >= 11 is 1.48. The summed E-state index contributed by atoms with van der Waals surface area (Å²) in [6.07, 6.45) is 2.57. The highest BCUT2D eigenvalue weighted by Crippen LogP contribution is 2.10. The van der Waals surface area contributed by atoms with E-state index in [2.05, 4.69) is 5.32 Å². The Morgan fingerprint density at radius 2 is 2.54 bits per heavy atom. The van der Waals surface area contributed by atoms with Crippen LogP contribution in [-0.2, 0) is 9.45 Å². The van der Waals surface area contributed by atoms with Crippen LogP contribution < -0.4 is 5.32 Å². The first-order valence-electron chi connectivity index (χ1n) is 4.28. The zero-order valence-corrected chi connectivity index (χ0v) is 8.63. The molecular weight excluding hydrogens is 189 g/mol. The van der Waals surface area contributed by atoms with Crippen molar-refractivity contribution in [2.75, 3.05) is 12.9 Å². The van der Waals surface area contributed by atoms with Crippen LogP contribution in [-0.4, -0.2) is 42.1 Å². The smallest absolute Gasteiger partial charge is 0.426 e. The Kier molecular flexibility index (Phi) is 4.09. The third-order valence-electron chi connectivity index (χ3n) is 2.11. The molecule has 0 aromatic heterocycles. The number of nitrogens with one attached hydrogen (secondary N) is 1. The molecule has 13 heavy (non-hydrogen) atoms. The molecule has 2 N–H and O–H groups in total. The molecule has 2 unspecified atom stereocenters. The molecule has 1 fully saturated rings. The maximum atomic E-state index is 11.4. The number of thioether (sulfide) groups is 1. The van der Waals surface area contributed by atoms with Crippen LogP contribution in [0.25, 0.3) is 0 Å². The van der Waals surface area contributed by atoms with E-state index in [0.717, 1.165) is 0 Å². The van der Waals surface area contributed by atoms with Crippen LogP contribution in [0.15, 0.2) is 0 Å². The standard InChI is InChI=1S/C7H14BNO3S/c1-5(13-2)7(10)9-6-3-4-12-8(6)11/h5-6,11H,3-4H2,1-2H3,(H,9,10). The first kappa shape index (κ1) is 10.9. The fourth-order valence-corrected chi connectivity index (χ4v) is 1.41. The van der Waals surface area contributed by atoms with Crippen LogP contribution in [0, 0.1) is 0 Å². The number of carbonyl (C=O) groups excluding carboxylic acids is 1. The minimum absolute atomic E-state index is 0.0398. The lowest BCUT2D eigenvalue weighted by Crippen LogP contribution is -2.46. The average Bonchev–Trinajstić information content (AvgIpc) is 2.50. The topological polar surface area (TPSA) is 58.6 Å². The van der Waals surface area contributed by atoms with Crippen molar-refractivity contribution in [2.45, 2.75) is 24.5 Å². The predicted molar refractivity (Wildman–Crippen MR) is 53.4 cm³/mol. The summed E-state index contributed by atoms with van der Waals surface area (Å²) in [5.74, 6) is -0.274. The molecule has 0 aromatic carbocycles. The van der Waals surface area contributed by atoms with Gasteiger partial charge in [-0.3, -0.25) is 4.79 Å². The van der Waals surface area contributed by atoms with Crippen LogP contribution in [0.5, 0.6) is 0 Å². The van der Waals surface area contributed by atoms with Crippen molar-refractivity contribution in [2.24, 2.45) is 0 Å². The summed E-state index contributed by atoms with van der Waals surface area (Å²) in [6, 6.07) is 0. The van der Waals surface area contributed by atoms with Gasteiger partial charge >= 0.3 is 7.12 Å². The van der Waals surface area contributed by atoms with Gasteiger partial charge in [-0.05, 0) is 19.6 Å². The Morgan fingerprint density at radius 1 is 1.85 bits per heavy atom. The van der Waals surface area contributed by atoms with E-state index in [4.69, 9.17) is 4.65 Å². The normalized spacial score (nSPS) is 24.5. The quantitative estimate of drug-likeness (QED) is 0.616. The van der Waals surface area contributed by atoms with Gasteiger partial charge in [0, 0.05) is 6.61 Å². The van der Waals surface area contributed by atoms with E-state index in [1.807, 2.05) is 13.2 Å². The van der Waals surface area contributed by atoms with E-state index in [1.54, 1.807) is 0 Å². The summed E-state index contributed by atoms with van der Waals surface area (Å²) in [5, 5.41) is 11.9. The number of hydrogen-bond acceptors (Lipinski definition) is 4. The molecule has 0 spiro atoms. The second-order valence-electron chi connectivity index (χ2n) is 3.04. The van der Waals surface area contributed by atoms with Gasteiger partial charge in [-0.1, -0.05) is 0 Å². The van der Waals surface area contributed by atoms with E-state index in [-0.39, 0.29) is 17.1 Å². The van der Waals surface area contributed by atoms with Gasteiger partial charge in [0.15, 0.2) is 0 Å². The summed E-state index contributed by atoms with van der Waals surface area (Å²) in [4.78, 5) is 11.4. The maximum Gasteiger partial charge on any atom is 0.478 e. The molecule has 0 radical (unpaired) electrons. The molecule has 0 bridgehead atoms. The van der Waals surface area contributed by atoms with Crippen LogP contribution in [0.4, 0.5) is 0 Å². The Labute approximate surface area is 82.6 Å². The molecule has 1 heterocycles. The molecule has 2 atom stereocenters. The average molecular weight is 203 g/mol. The SMILES string of the molecule is CSC(C)C(=O)NC1CCOB1O. The van der Waals surface area contributed by atoms with E-state index >= 15 is 0 Å². The zero-order chi connectivity index (χ0) is 9.84. The summed E-state index contributed by atoms with van der Waals surface area (Å²) in [7, 11) is -0.835. The lowest BCUT2D eigenvalue weighted by atomic mass is 9.80. The van der Waals surface area contributed by atoms with Crippen molar-refractivity contribution in [1.82, 2.24) is 5.32 Å². The first-order valence-corrected chi connectivity index (χ1v) is 5.56. The molecule has 1 rings (SSSR count). The fourth-order valence-electron chi connectivity index (χ4n) is 1.13. The van der Waals surface area contributed by atoms with E-state index in [1.165, 1.54) is 11.8 Å². The summed E-state index contributed by atoms with van der Waals surface area (Å²) < 4.78 is 4.91. The summed E-state index contributed by atoms with van der Waals surface area (Å²) in [6.45, 7) is 2.35. The molecule has 1 aliphatic heterocycles. The second kappa shape index (κ2) is 4.88. The van der Waals surface area contributed by atoms with Gasteiger partial charge in [-0.25, -0.2) is 0 Å². The van der Waals surface area contributed by atoms with Crippen molar-refractivity contribution in [3.05, 3.63) is 0 Å². The fraction of sp³-hybridized carbons (Fsp3) is 0.857. The molecule has 1 amide bonds. The molecule has 74 valence electrons. The Bertz CT molecular complexity index is 193. The van der Waals surface area contributed by atoms with Crippen molar-refractivity contribution >= 4 is 24.8 Å². The van der Waals surface area contributed by atoms with Crippen LogP contribution in [0.2, 0.25) is 0 Å². The molecule has 1 saturated heterocycles. The number of carbonyl (C=O) groups is 1. The third-order valence-corrected chi connectivity index (χ3v) is 3.03. The van der Waals surface area contributed by atoms with Gasteiger partial charge in [0.1, 0.15) is 0 Å². The lowest BCUT2D eigenvalue weighted by molar-refractivity contribution is -0.120. The number of rotatable bonds is 3. The van der Waals surface area contributed by atoms with Crippen LogP contribution >= 0.6 is 11.8 Å². The Morgan fingerprint density at radius 3 is 3.00 bits per heavy atom. The van der Waals surface area contributed by atoms with Crippen molar-refractivity contribution < 1.29 is 14.5 Å². The number of hydrogen-bond donors (Lipinski definition) is 2.